The number of carbonyl (C=O) groups is 1. The molecule has 1 aliphatic rings. The SMILES string of the molecule is O=C(O)c1cccc(Sc2ccnc(Cc3ccc(N4CCOCC4)cc3)n2)c1. The van der Waals surface area contributed by atoms with Crippen molar-refractivity contribution in [3.05, 3.63) is 77.7 Å². The topological polar surface area (TPSA) is 75.5 Å². The van der Waals surface area contributed by atoms with E-state index in [0.717, 1.165) is 47.6 Å². The van der Waals surface area contributed by atoms with E-state index < -0.39 is 5.97 Å². The third-order valence-electron chi connectivity index (χ3n) is 4.66. The summed E-state index contributed by atoms with van der Waals surface area (Å²) in [6.07, 6.45) is 2.39. The molecule has 0 saturated carbocycles. The third-order valence-corrected chi connectivity index (χ3v) is 5.58. The Bertz CT molecular complexity index is 989. The molecule has 2 aromatic carbocycles. The van der Waals surface area contributed by atoms with Crippen molar-refractivity contribution in [3.8, 4) is 0 Å². The molecule has 148 valence electrons. The van der Waals surface area contributed by atoms with Crippen molar-refractivity contribution in [2.24, 2.45) is 0 Å². The van der Waals surface area contributed by atoms with Gasteiger partial charge in [-0.1, -0.05) is 30.0 Å². The molecule has 0 spiro atoms. The number of benzene rings is 2. The zero-order valence-corrected chi connectivity index (χ0v) is 16.6. The van der Waals surface area contributed by atoms with Crippen molar-refractivity contribution in [2.75, 3.05) is 31.2 Å². The van der Waals surface area contributed by atoms with E-state index in [9.17, 15) is 4.79 Å². The molecule has 2 heterocycles. The molecule has 1 aromatic heterocycles. The maximum Gasteiger partial charge on any atom is 0.335 e. The van der Waals surface area contributed by atoms with Crippen LogP contribution < -0.4 is 4.90 Å². The summed E-state index contributed by atoms with van der Waals surface area (Å²) in [6.45, 7) is 3.39. The molecule has 0 bridgehead atoms. The fourth-order valence-electron chi connectivity index (χ4n) is 3.16. The minimum atomic E-state index is -0.934. The van der Waals surface area contributed by atoms with Gasteiger partial charge in [-0.2, -0.15) is 0 Å². The summed E-state index contributed by atoms with van der Waals surface area (Å²) in [5.74, 6) is -0.195. The fraction of sp³-hybridized carbons (Fsp3) is 0.227. The minimum Gasteiger partial charge on any atom is -0.478 e. The van der Waals surface area contributed by atoms with Crippen molar-refractivity contribution in [3.63, 3.8) is 0 Å². The maximum absolute atomic E-state index is 11.1. The standard InChI is InChI=1S/C22H21N3O3S/c26-22(27)17-2-1-3-19(15-17)29-21-8-9-23-20(24-21)14-16-4-6-18(7-5-16)25-10-12-28-13-11-25/h1-9,15H,10-14H2,(H,26,27). The van der Waals surface area contributed by atoms with Crippen LogP contribution in [0.2, 0.25) is 0 Å². The predicted molar refractivity (Wildman–Crippen MR) is 112 cm³/mol. The molecule has 7 heteroatoms. The van der Waals surface area contributed by atoms with E-state index in [4.69, 9.17) is 9.84 Å². The highest BCUT2D eigenvalue weighted by molar-refractivity contribution is 7.99. The molecule has 29 heavy (non-hydrogen) atoms. The van der Waals surface area contributed by atoms with Gasteiger partial charge in [0, 0.05) is 36.3 Å². The maximum atomic E-state index is 11.1. The Morgan fingerprint density at radius 2 is 1.90 bits per heavy atom. The fourth-order valence-corrected chi connectivity index (χ4v) is 4.02. The van der Waals surface area contributed by atoms with Crippen molar-refractivity contribution < 1.29 is 14.6 Å². The van der Waals surface area contributed by atoms with Gasteiger partial charge in [0.2, 0.25) is 0 Å². The Morgan fingerprint density at radius 3 is 2.66 bits per heavy atom. The molecule has 1 saturated heterocycles. The first kappa shape index (κ1) is 19.4. The zero-order valence-electron chi connectivity index (χ0n) is 15.8. The molecule has 0 unspecified atom stereocenters. The summed E-state index contributed by atoms with van der Waals surface area (Å²) in [5, 5.41) is 9.94. The molecule has 0 amide bonds. The lowest BCUT2D eigenvalue weighted by Gasteiger charge is -2.28. The van der Waals surface area contributed by atoms with Crippen molar-refractivity contribution >= 4 is 23.4 Å². The monoisotopic (exact) mass is 407 g/mol. The lowest BCUT2D eigenvalue weighted by molar-refractivity contribution is 0.0696. The lowest BCUT2D eigenvalue weighted by Crippen LogP contribution is -2.36. The van der Waals surface area contributed by atoms with Gasteiger partial charge >= 0.3 is 5.97 Å². The third kappa shape index (κ3) is 5.13. The second-order valence-corrected chi connectivity index (χ2v) is 7.78. The molecule has 1 fully saturated rings. The van der Waals surface area contributed by atoms with Crippen LogP contribution in [0.25, 0.3) is 0 Å². The van der Waals surface area contributed by atoms with Gasteiger partial charge in [0.1, 0.15) is 10.9 Å². The van der Waals surface area contributed by atoms with Crippen LogP contribution in [0.1, 0.15) is 21.7 Å². The van der Waals surface area contributed by atoms with Gasteiger partial charge in [-0.3, -0.25) is 0 Å². The number of hydrogen-bond donors (Lipinski definition) is 1. The number of anilines is 1. The Kier molecular flexibility index (Phi) is 6.07. The van der Waals surface area contributed by atoms with E-state index in [1.807, 2.05) is 12.1 Å². The summed E-state index contributed by atoms with van der Waals surface area (Å²) in [6, 6.07) is 17.2. The average Bonchev–Trinajstić information content (AvgIpc) is 2.75. The van der Waals surface area contributed by atoms with Crippen LogP contribution in [0, 0.1) is 0 Å². The highest BCUT2D eigenvalue weighted by atomic mass is 32.2. The quantitative estimate of drug-likeness (QED) is 0.624. The molecule has 1 N–H and O–H groups in total. The molecule has 3 aromatic rings. The Morgan fingerprint density at radius 1 is 1.10 bits per heavy atom. The molecule has 4 rings (SSSR count). The number of carboxylic acid groups (broad SMARTS) is 1. The predicted octanol–water partition coefficient (Wildman–Crippen LogP) is 3.75. The highest BCUT2D eigenvalue weighted by Gasteiger charge is 2.11. The lowest BCUT2D eigenvalue weighted by atomic mass is 10.1. The Hall–Kier alpha value is -2.90. The van der Waals surface area contributed by atoms with Gasteiger partial charge in [-0.25, -0.2) is 14.8 Å². The number of ether oxygens (including phenoxy) is 1. The summed E-state index contributed by atoms with van der Waals surface area (Å²) in [4.78, 5) is 23.3. The van der Waals surface area contributed by atoms with Crippen LogP contribution in [0.4, 0.5) is 5.69 Å². The molecule has 0 atom stereocenters. The van der Waals surface area contributed by atoms with E-state index in [1.165, 1.54) is 17.4 Å². The Balaban J connectivity index is 1.43. The minimum absolute atomic E-state index is 0.268. The number of nitrogens with zero attached hydrogens (tertiary/aromatic N) is 3. The van der Waals surface area contributed by atoms with Crippen molar-refractivity contribution in [1.29, 1.82) is 0 Å². The second-order valence-electron chi connectivity index (χ2n) is 6.69. The summed E-state index contributed by atoms with van der Waals surface area (Å²) >= 11 is 1.43. The molecule has 6 nitrogen and oxygen atoms in total. The van der Waals surface area contributed by atoms with E-state index >= 15 is 0 Å². The number of carboxylic acids is 1. The van der Waals surface area contributed by atoms with Crippen LogP contribution in [0.15, 0.2) is 70.7 Å². The van der Waals surface area contributed by atoms with Crippen molar-refractivity contribution in [1.82, 2.24) is 9.97 Å². The Labute approximate surface area is 173 Å². The first-order valence-corrected chi connectivity index (χ1v) is 10.2. The van der Waals surface area contributed by atoms with Crippen LogP contribution in [-0.2, 0) is 11.2 Å². The highest BCUT2D eigenvalue weighted by Crippen LogP contribution is 2.27. The first-order chi connectivity index (χ1) is 14.2. The number of aromatic nitrogens is 2. The van der Waals surface area contributed by atoms with Crippen molar-refractivity contribution in [2.45, 2.75) is 16.3 Å². The van der Waals surface area contributed by atoms with Gasteiger partial charge in [0.05, 0.1) is 18.8 Å². The summed E-state index contributed by atoms with van der Waals surface area (Å²) in [5.41, 5.74) is 2.63. The van der Waals surface area contributed by atoms with Crippen LogP contribution in [0.3, 0.4) is 0 Å². The second kappa shape index (κ2) is 9.07. The van der Waals surface area contributed by atoms with E-state index in [2.05, 4.69) is 39.1 Å². The zero-order chi connectivity index (χ0) is 20.1. The van der Waals surface area contributed by atoms with Crippen LogP contribution in [0.5, 0.6) is 0 Å². The van der Waals surface area contributed by atoms with Crippen LogP contribution in [-0.4, -0.2) is 47.3 Å². The molecule has 1 aliphatic heterocycles. The summed E-state index contributed by atoms with van der Waals surface area (Å²) < 4.78 is 5.41. The van der Waals surface area contributed by atoms with Gasteiger partial charge in [-0.05, 0) is 42.0 Å². The number of aromatic carboxylic acids is 1. The molecular formula is C22H21N3O3S. The normalized spacial score (nSPS) is 14.0. The van der Waals surface area contributed by atoms with Gasteiger partial charge in [0.15, 0.2) is 0 Å². The first-order valence-electron chi connectivity index (χ1n) is 9.42. The van der Waals surface area contributed by atoms with Crippen LogP contribution >= 0.6 is 11.8 Å². The van der Waals surface area contributed by atoms with E-state index in [1.54, 1.807) is 24.4 Å². The largest absolute Gasteiger partial charge is 0.478 e. The number of morpholine rings is 1. The number of hydrogen-bond acceptors (Lipinski definition) is 6. The molecule has 0 radical (unpaired) electrons. The molecule has 0 aliphatic carbocycles. The molecular weight excluding hydrogens is 386 g/mol. The number of rotatable bonds is 6. The van der Waals surface area contributed by atoms with Gasteiger partial charge in [0.25, 0.3) is 0 Å². The van der Waals surface area contributed by atoms with Gasteiger partial charge < -0.3 is 14.7 Å². The van der Waals surface area contributed by atoms with E-state index in [0.29, 0.717) is 6.42 Å². The summed E-state index contributed by atoms with van der Waals surface area (Å²) in [7, 11) is 0. The van der Waals surface area contributed by atoms with E-state index in [-0.39, 0.29) is 5.56 Å². The average molecular weight is 407 g/mol. The van der Waals surface area contributed by atoms with Gasteiger partial charge in [-0.15, -0.1) is 0 Å². The smallest absolute Gasteiger partial charge is 0.335 e.